The highest BCUT2D eigenvalue weighted by Crippen LogP contribution is 2.25. The molecule has 1 aromatic carbocycles. The molecule has 6 heteroatoms. The van der Waals surface area contributed by atoms with Gasteiger partial charge in [-0.3, -0.25) is 0 Å². The molecule has 3 aromatic rings. The van der Waals surface area contributed by atoms with Gasteiger partial charge in [-0.25, -0.2) is 4.98 Å². The molecule has 0 unspecified atom stereocenters. The normalized spacial score (nSPS) is 15.5. The molecule has 0 bridgehead atoms. The minimum atomic E-state index is 0.562. The highest BCUT2D eigenvalue weighted by atomic mass is 15.2. The first-order chi connectivity index (χ1) is 11.9. The predicted molar refractivity (Wildman–Crippen MR) is 96.5 cm³/mol. The van der Waals surface area contributed by atoms with Crippen LogP contribution in [0, 0.1) is 5.92 Å². The summed E-state index contributed by atoms with van der Waals surface area (Å²) in [4.78, 5) is 16.6. The summed E-state index contributed by atoms with van der Waals surface area (Å²) in [5, 5.41) is 6.76. The van der Waals surface area contributed by atoms with Gasteiger partial charge in [0.05, 0.1) is 6.33 Å². The van der Waals surface area contributed by atoms with Crippen molar-refractivity contribution in [1.29, 1.82) is 0 Å². The molecule has 6 nitrogen and oxygen atoms in total. The topological polar surface area (TPSA) is 78.5 Å². The second kappa shape index (κ2) is 6.86. The highest BCUT2D eigenvalue weighted by molar-refractivity contribution is 5.84. The van der Waals surface area contributed by atoms with Gasteiger partial charge >= 0.3 is 0 Å². The van der Waals surface area contributed by atoms with Crippen LogP contribution in [0.25, 0.3) is 11.2 Å². The van der Waals surface area contributed by atoms with E-state index in [1.807, 2.05) is 30.3 Å². The molecule has 24 heavy (non-hydrogen) atoms. The molecule has 0 atom stereocenters. The van der Waals surface area contributed by atoms with Gasteiger partial charge in [-0.15, -0.1) is 0 Å². The lowest BCUT2D eigenvalue weighted by Gasteiger charge is -2.22. The average molecular weight is 322 g/mol. The van der Waals surface area contributed by atoms with Gasteiger partial charge in [0.25, 0.3) is 0 Å². The molecule has 0 saturated heterocycles. The van der Waals surface area contributed by atoms with E-state index in [-0.39, 0.29) is 0 Å². The molecule has 2 aromatic heterocycles. The van der Waals surface area contributed by atoms with Crippen LogP contribution in [0.5, 0.6) is 0 Å². The summed E-state index contributed by atoms with van der Waals surface area (Å²) in [6.45, 7) is 0.954. The number of hydrogen-bond donors (Lipinski definition) is 3. The lowest BCUT2D eigenvalue weighted by atomic mass is 9.89. The van der Waals surface area contributed by atoms with Gasteiger partial charge in [0.1, 0.15) is 5.52 Å². The smallest absolute Gasteiger partial charge is 0.231 e. The van der Waals surface area contributed by atoms with Gasteiger partial charge in [-0.2, -0.15) is 9.97 Å². The molecular formula is C18H22N6. The zero-order chi connectivity index (χ0) is 16.2. The SMILES string of the molecule is c1ccc(Nc2nc(NCC3CCCCC3)c3[nH]cnc3n2)cc1. The largest absolute Gasteiger partial charge is 0.368 e. The van der Waals surface area contributed by atoms with Crippen molar-refractivity contribution < 1.29 is 0 Å². The number of fused-ring (bicyclic) bond motifs is 1. The van der Waals surface area contributed by atoms with Crippen molar-refractivity contribution in [3.05, 3.63) is 36.7 Å². The predicted octanol–water partition coefficient (Wildman–Crippen LogP) is 4.09. The lowest BCUT2D eigenvalue weighted by molar-refractivity contribution is 0.373. The molecule has 2 heterocycles. The van der Waals surface area contributed by atoms with E-state index in [9.17, 15) is 0 Å². The number of benzene rings is 1. The van der Waals surface area contributed by atoms with Gasteiger partial charge < -0.3 is 15.6 Å². The Morgan fingerprint density at radius 2 is 1.88 bits per heavy atom. The number of anilines is 3. The summed E-state index contributed by atoms with van der Waals surface area (Å²) >= 11 is 0. The minimum Gasteiger partial charge on any atom is -0.368 e. The van der Waals surface area contributed by atoms with Crippen LogP contribution < -0.4 is 10.6 Å². The molecule has 0 aliphatic heterocycles. The van der Waals surface area contributed by atoms with Crippen molar-refractivity contribution in [2.45, 2.75) is 32.1 Å². The molecule has 4 rings (SSSR count). The maximum absolute atomic E-state index is 4.65. The number of aromatic amines is 1. The number of hydrogen-bond acceptors (Lipinski definition) is 5. The number of H-pyrrole nitrogens is 1. The maximum atomic E-state index is 4.65. The van der Waals surface area contributed by atoms with Crippen LogP contribution in [0.3, 0.4) is 0 Å². The van der Waals surface area contributed by atoms with E-state index >= 15 is 0 Å². The van der Waals surface area contributed by atoms with E-state index in [0.29, 0.717) is 11.6 Å². The second-order valence-corrected chi connectivity index (χ2v) is 6.37. The van der Waals surface area contributed by atoms with Gasteiger partial charge in [-0.1, -0.05) is 37.5 Å². The second-order valence-electron chi connectivity index (χ2n) is 6.37. The van der Waals surface area contributed by atoms with Gasteiger partial charge in [0, 0.05) is 12.2 Å². The first kappa shape index (κ1) is 14.9. The van der Waals surface area contributed by atoms with E-state index < -0.39 is 0 Å². The van der Waals surface area contributed by atoms with Crippen LogP contribution in [0.4, 0.5) is 17.5 Å². The summed E-state index contributed by atoms with van der Waals surface area (Å²) in [6.07, 6.45) is 8.34. The van der Waals surface area contributed by atoms with Crippen molar-refractivity contribution >= 4 is 28.6 Å². The van der Waals surface area contributed by atoms with Crippen LogP contribution in [-0.2, 0) is 0 Å². The Morgan fingerprint density at radius 3 is 2.71 bits per heavy atom. The Labute approximate surface area is 141 Å². The first-order valence-corrected chi connectivity index (χ1v) is 8.65. The Bertz CT molecular complexity index is 792. The van der Waals surface area contributed by atoms with E-state index in [1.165, 1.54) is 32.1 Å². The number of para-hydroxylation sites is 1. The quantitative estimate of drug-likeness (QED) is 0.659. The average Bonchev–Trinajstić information content (AvgIpc) is 3.10. The fraction of sp³-hybridized carbons (Fsp3) is 0.389. The Kier molecular flexibility index (Phi) is 4.27. The van der Waals surface area contributed by atoms with Crippen LogP contribution >= 0.6 is 0 Å². The van der Waals surface area contributed by atoms with Gasteiger partial charge in [0.2, 0.25) is 5.95 Å². The molecule has 1 aliphatic rings. The monoisotopic (exact) mass is 322 g/mol. The maximum Gasteiger partial charge on any atom is 0.231 e. The van der Waals surface area contributed by atoms with Crippen molar-refractivity contribution in [2.75, 3.05) is 17.2 Å². The molecule has 0 amide bonds. The van der Waals surface area contributed by atoms with Crippen LogP contribution in [0.2, 0.25) is 0 Å². The van der Waals surface area contributed by atoms with E-state index in [0.717, 1.165) is 29.5 Å². The zero-order valence-electron chi connectivity index (χ0n) is 13.6. The van der Waals surface area contributed by atoms with Crippen LogP contribution in [0.15, 0.2) is 36.7 Å². The van der Waals surface area contributed by atoms with Crippen molar-refractivity contribution in [3.63, 3.8) is 0 Å². The third-order valence-electron chi connectivity index (χ3n) is 4.60. The third kappa shape index (κ3) is 3.32. The lowest BCUT2D eigenvalue weighted by Crippen LogP contribution is -2.18. The minimum absolute atomic E-state index is 0.562. The molecule has 1 aliphatic carbocycles. The summed E-state index contributed by atoms with van der Waals surface area (Å²) < 4.78 is 0. The summed E-state index contributed by atoms with van der Waals surface area (Å²) in [5.41, 5.74) is 2.50. The summed E-state index contributed by atoms with van der Waals surface area (Å²) in [7, 11) is 0. The van der Waals surface area contributed by atoms with Crippen molar-refractivity contribution in [1.82, 2.24) is 19.9 Å². The molecule has 0 spiro atoms. The van der Waals surface area contributed by atoms with Crippen molar-refractivity contribution in [3.8, 4) is 0 Å². The number of nitrogens with one attached hydrogen (secondary N) is 3. The molecule has 0 radical (unpaired) electrons. The van der Waals surface area contributed by atoms with E-state index in [2.05, 4.69) is 30.6 Å². The number of nitrogens with zero attached hydrogens (tertiary/aromatic N) is 3. The van der Waals surface area contributed by atoms with Crippen LogP contribution in [0.1, 0.15) is 32.1 Å². The van der Waals surface area contributed by atoms with Gasteiger partial charge in [-0.05, 0) is 30.9 Å². The van der Waals surface area contributed by atoms with Crippen LogP contribution in [-0.4, -0.2) is 26.5 Å². The number of aromatic nitrogens is 4. The number of rotatable bonds is 5. The number of imidazole rings is 1. The standard InChI is InChI=1S/C18H22N6/c1-3-7-13(8-4-1)11-19-16-15-17(21-12-20-15)24-18(23-16)22-14-9-5-2-6-10-14/h2,5-6,9-10,12-13H,1,3-4,7-8,11H2,(H3,19,20,21,22,23,24). The van der Waals surface area contributed by atoms with E-state index in [1.54, 1.807) is 6.33 Å². The van der Waals surface area contributed by atoms with Crippen molar-refractivity contribution in [2.24, 2.45) is 5.92 Å². The first-order valence-electron chi connectivity index (χ1n) is 8.65. The summed E-state index contributed by atoms with van der Waals surface area (Å²) in [5.74, 6) is 2.12. The third-order valence-corrected chi connectivity index (χ3v) is 4.60. The Hall–Kier alpha value is -2.63. The molecule has 1 saturated carbocycles. The summed E-state index contributed by atoms with van der Waals surface area (Å²) in [6, 6.07) is 9.94. The van der Waals surface area contributed by atoms with E-state index in [4.69, 9.17) is 0 Å². The highest BCUT2D eigenvalue weighted by Gasteiger charge is 2.15. The molecule has 1 fully saturated rings. The molecule has 3 N–H and O–H groups in total. The fourth-order valence-electron chi connectivity index (χ4n) is 3.30. The Balaban J connectivity index is 1.55. The zero-order valence-corrected chi connectivity index (χ0v) is 13.6. The Morgan fingerprint density at radius 1 is 1.04 bits per heavy atom. The van der Waals surface area contributed by atoms with Gasteiger partial charge in [0.15, 0.2) is 11.5 Å². The molecule has 124 valence electrons. The molecular weight excluding hydrogens is 300 g/mol. The fourth-order valence-corrected chi connectivity index (χ4v) is 3.30.